The highest BCUT2D eigenvalue weighted by Crippen LogP contribution is 2.18. The van der Waals surface area contributed by atoms with Crippen molar-refractivity contribution in [2.24, 2.45) is 0 Å². The number of sulfonamides is 1. The Balaban J connectivity index is 1.49. The second-order valence-electron chi connectivity index (χ2n) is 6.82. The predicted octanol–water partition coefficient (Wildman–Crippen LogP) is 2.39. The van der Waals surface area contributed by atoms with E-state index in [1.807, 2.05) is 13.0 Å². The van der Waals surface area contributed by atoms with E-state index in [-0.39, 0.29) is 29.8 Å². The summed E-state index contributed by atoms with van der Waals surface area (Å²) in [6.07, 6.45) is 0.533. The fourth-order valence-corrected chi connectivity index (χ4v) is 4.53. The van der Waals surface area contributed by atoms with Crippen molar-refractivity contribution in [3.8, 4) is 0 Å². The maximum atomic E-state index is 13.2. The van der Waals surface area contributed by atoms with Crippen LogP contribution in [0.1, 0.15) is 11.1 Å². The second-order valence-corrected chi connectivity index (χ2v) is 8.75. The lowest BCUT2D eigenvalue weighted by Crippen LogP contribution is -2.53. The molecule has 0 unspecified atom stereocenters. The van der Waals surface area contributed by atoms with Crippen molar-refractivity contribution < 1.29 is 17.6 Å². The molecular weight excluding hydrogens is 381 g/mol. The first-order valence-corrected chi connectivity index (χ1v) is 10.6. The number of carbonyl (C=O) groups is 1. The zero-order chi connectivity index (χ0) is 20.1. The highest BCUT2D eigenvalue weighted by Gasteiger charge is 2.29. The summed E-state index contributed by atoms with van der Waals surface area (Å²) in [5, 5.41) is 2.81. The van der Waals surface area contributed by atoms with Gasteiger partial charge in [-0.05, 0) is 43.2 Å². The van der Waals surface area contributed by atoms with Gasteiger partial charge in [0.05, 0.1) is 4.90 Å². The molecule has 0 spiro atoms. The highest BCUT2D eigenvalue weighted by atomic mass is 32.2. The van der Waals surface area contributed by atoms with E-state index in [0.29, 0.717) is 26.1 Å². The molecule has 1 aliphatic rings. The number of nitrogens with one attached hydrogen (secondary N) is 1. The first-order chi connectivity index (χ1) is 13.4. The molecule has 2 amide bonds. The fourth-order valence-electron chi connectivity index (χ4n) is 3.11. The molecule has 6 nitrogen and oxygen atoms in total. The molecule has 28 heavy (non-hydrogen) atoms. The molecule has 1 aliphatic heterocycles. The Morgan fingerprint density at radius 3 is 2.39 bits per heavy atom. The van der Waals surface area contributed by atoms with Gasteiger partial charge in [-0.3, -0.25) is 0 Å². The predicted molar refractivity (Wildman–Crippen MR) is 105 cm³/mol. The van der Waals surface area contributed by atoms with Gasteiger partial charge in [-0.25, -0.2) is 17.6 Å². The highest BCUT2D eigenvalue weighted by molar-refractivity contribution is 7.89. The summed E-state index contributed by atoms with van der Waals surface area (Å²) in [6.45, 7) is 3.47. The number of carbonyl (C=O) groups excluding carboxylic acids is 1. The van der Waals surface area contributed by atoms with Crippen LogP contribution in [0, 0.1) is 12.7 Å². The Kier molecular flexibility index (Phi) is 6.31. The minimum absolute atomic E-state index is 0.233. The van der Waals surface area contributed by atoms with E-state index >= 15 is 0 Å². The number of hydrogen-bond donors (Lipinski definition) is 1. The van der Waals surface area contributed by atoms with Crippen molar-refractivity contribution in [1.82, 2.24) is 14.5 Å². The molecule has 8 heteroatoms. The van der Waals surface area contributed by atoms with E-state index < -0.39 is 10.0 Å². The lowest BCUT2D eigenvalue weighted by Gasteiger charge is -2.34. The normalized spacial score (nSPS) is 15.4. The molecule has 1 saturated heterocycles. The van der Waals surface area contributed by atoms with Crippen LogP contribution >= 0.6 is 0 Å². The van der Waals surface area contributed by atoms with E-state index in [4.69, 9.17) is 0 Å². The van der Waals surface area contributed by atoms with Gasteiger partial charge in [-0.2, -0.15) is 4.31 Å². The summed E-state index contributed by atoms with van der Waals surface area (Å²) in [4.78, 5) is 14.2. The molecule has 0 radical (unpaired) electrons. The minimum Gasteiger partial charge on any atom is -0.338 e. The molecule has 0 bridgehead atoms. The van der Waals surface area contributed by atoms with Gasteiger partial charge in [-0.15, -0.1) is 0 Å². The Labute approximate surface area is 165 Å². The number of nitrogens with zero attached hydrogens (tertiary/aromatic N) is 2. The van der Waals surface area contributed by atoms with Gasteiger partial charge in [0, 0.05) is 32.7 Å². The number of benzene rings is 2. The number of aryl methyl sites for hydroxylation is 1. The van der Waals surface area contributed by atoms with Crippen molar-refractivity contribution in [2.45, 2.75) is 18.2 Å². The largest absolute Gasteiger partial charge is 0.338 e. The molecule has 0 atom stereocenters. The van der Waals surface area contributed by atoms with Gasteiger partial charge >= 0.3 is 6.03 Å². The van der Waals surface area contributed by atoms with Gasteiger partial charge in [0.2, 0.25) is 10.0 Å². The Hall–Kier alpha value is -2.45. The van der Waals surface area contributed by atoms with Gasteiger partial charge in [0.25, 0.3) is 0 Å². The molecule has 0 aliphatic carbocycles. The van der Waals surface area contributed by atoms with E-state index in [1.54, 1.807) is 35.2 Å². The van der Waals surface area contributed by atoms with Crippen LogP contribution in [0.5, 0.6) is 0 Å². The van der Waals surface area contributed by atoms with Crippen molar-refractivity contribution in [1.29, 1.82) is 0 Å². The number of amides is 2. The van der Waals surface area contributed by atoms with Crippen LogP contribution in [0.15, 0.2) is 53.4 Å². The first-order valence-electron chi connectivity index (χ1n) is 9.20. The monoisotopic (exact) mass is 405 g/mol. The van der Waals surface area contributed by atoms with E-state index in [9.17, 15) is 17.6 Å². The second kappa shape index (κ2) is 8.70. The average Bonchev–Trinajstić information content (AvgIpc) is 2.68. The van der Waals surface area contributed by atoms with Gasteiger partial charge in [0.1, 0.15) is 5.82 Å². The first kappa shape index (κ1) is 20.3. The maximum absolute atomic E-state index is 13.2. The number of rotatable bonds is 5. The fraction of sp³-hybridized carbons (Fsp3) is 0.350. The third-order valence-corrected chi connectivity index (χ3v) is 6.68. The van der Waals surface area contributed by atoms with Gasteiger partial charge < -0.3 is 10.2 Å². The van der Waals surface area contributed by atoms with E-state index in [2.05, 4.69) is 5.32 Å². The van der Waals surface area contributed by atoms with Crippen LogP contribution < -0.4 is 5.32 Å². The van der Waals surface area contributed by atoms with Crippen molar-refractivity contribution in [3.05, 3.63) is 65.5 Å². The molecule has 1 fully saturated rings. The molecule has 1 N–H and O–H groups in total. The molecule has 0 saturated carbocycles. The smallest absolute Gasteiger partial charge is 0.317 e. The van der Waals surface area contributed by atoms with Crippen LogP contribution in [0.4, 0.5) is 9.18 Å². The SMILES string of the molecule is Cc1ccc(S(=O)(=O)N2CCN(C(=O)NCCc3cccc(F)c3)CC2)cc1. The molecule has 2 aromatic rings. The number of halogens is 1. The van der Waals surface area contributed by atoms with Gasteiger partial charge in [-0.1, -0.05) is 29.8 Å². The van der Waals surface area contributed by atoms with E-state index in [1.165, 1.54) is 16.4 Å². The molecular formula is C20H24FN3O3S. The summed E-state index contributed by atoms with van der Waals surface area (Å²) in [5.41, 5.74) is 1.81. The van der Waals surface area contributed by atoms with Crippen LogP contribution in [0.3, 0.4) is 0 Å². The van der Waals surface area contributed by atoms with Crippen molar-refractivity contribution >= 4 is 16.1 Å². The summed E-state index contributed by atoms with van der Waals surface area (Å²) >= 11 is 0. The number of piperazine rings is 1. The molecule has 150 valence electrons. The zero-order valence-electron chi connectivity index (χ0n) is 15.8. The Bertz CT molecular complexity index is 924. The maximum Gasteiger partial charge on any atom is 0.317 e. The third kappa shape index (κ3) is 4.88. The van der Waals surface area contributed by atoms with Crippen molar-refractivity contribution in [3.63, 3.8) is 0 Å². The minimum atomic E-state index is -3.55. The summed E-state index contributed by atoms with van der Waals surface area (Å²) in [6, 6.07) is 12.8. The zero-order valence-corrected chi connectivity index (χ0v) is 16.6. The lowest BCUT2D eigenvalue weighted by molar-refractivity contribution is 0.172. The summed E-state index contributed by atoms with van der Waals surface area (Å²) in [5.74, 6) is -0.297. The van der Waals surface area contributed by atoms with Crippen LogP contribution in [0.2, 0.25) is 0 Å². The standard InChI is InChI=1S/C20H24FN3O3S/c1-16-5-7-19(8-6-16)28(26,27)24-13-11-23(12-14-24)20(25)22-10-9-17-3-2-4-18(21)15-17/h2-8,15H,9-14H2,1H3,(H,22,25). The summed E-state index contributed by atoms with van der Waals surface area (Å²) < 4.78 is 40.0. The number of urea groups is 1. The topological polar surface area (TPSA) is 69.7 Å². The van der Waals surface area contributed by atoms with Gasteiger partial charge in [0.15, 0.2) is 0 Å². The quantitative estimate of drug-likeness (QED) is 0.831. The van der Waals surface area contributed by atoms with Crippen LogP contribution in [0.25, 0.3) is 0 Å². The van der Waals surface area contributed by atoms with E-state index in [0.717, 1.165) is 11.1 Å². The molecule has 0 aromatic heterocycles. The molecule has 2 aromatic carbocycles. The summed E-state index contributed by atoms with van der Waals surface area (Å²) in [7, 11) is -3.55. The lowest BCUT2D eigenvalue weighted by atomic mass is 10.1. The third-order valence-electron chi connectivity index (χ3n) is 4.76. The Morgan fingerprint density at radius 2 is 1.75 bits per heavy atom. The molecule has 3 rings (SSSR count). The van der Waals surface area contributed by atoms with Crippen LogP contribution in [-0.4, -0.2) is 56.4 Å². The molecule has 1 heterocycles. The number of hydrogen-bond acceptors (Lipinski definition) is 3. The Morgan fingerprint density at radius 1 is 1.07 bits per heavy atom. The average molecular weight is 405 g/mol. The van der Waals surface area contributed by atoms with Crippen molar-refractivity contribution in [2.75, 3.05) is 32.7 Å². The van der Waals surface area contributed by atoms with Crippen LogP contribution in [-0.2, 0) is 16.4 Å².